The molecule has 1 aliphatic rings. The Bertz CT molecular complexity index is 2170. The first-order valence-corrected chi connectivity index (χ1v) is 16.5. The Labute approximate surface area is 283 Å². The van der Waals surface area contributed by atoms with Gasteiger partial charge < -0.3 is 18.9 Å². The molecular weight excluding hydrogens is 715 g/mol. The topological polar surface area (TPSA) is 88.4 Å². The van der Waals surface area contributed by atoms with Crippen LogP contribution in [0.1, 0.15) is 36.6 Å². The van der Waals surface area contributed by atoms with Gasteiger partial charge in [-0.1, -0.05) is 72.0 Å². The maximum atomic E-state index is 14.3. The molecule has 1 atom stereocenters. The average molecular weight is 747 g/mol. The maximum absolute atomic E-state index is 14.3. The number of carbonyl (C=O) groups excluding carboxylic acids is 1. The normalized spacial score (nSPS) is 14.5. The van der Waals surface area contributed by atoms with Gasteiger partial charge >= 0.3 is 5.97 Å². The van der Waals surface area contributed by atoms with Gasteiger partial charge in [0.2, 0.25) is 0 Å². The van der Waals surface area contributed by atoms with E-state index in [0.29, 0.717) is 50.0 Å². The van der Waals surface area contributed by atoms with Gasteiger partial charge in [-0.05, 0) is 82.6 Å². The summed E-state index contributed by atoms with van der Waals surface area (Å²) in [5, 5.41) is 1.82. The molecule has 2 heterocycles. The fourth-order valence-electron chi connectivity index (χ4n) is 5.64. The molecule has 0 spiro atoms. The van der Waals surface area contributed by atoms with Gasteiger partial charge in [0, 0.05) is 5.56 Å². The molecule has 0 saturated carbocycles. The third kappa shape index (κ3) is 5.94. The molecule has 1 aromatic heterocycles. The molecule has 4 aromatic carbocycles. The molecule has 5 aromatic rings. The van der Waals surface area contributed by atoms with E-state index in [1.165, 1.54) is 11.3 Å². The molecule has 0 saturated heterocycles. The van der Waals surface area contributed by atoms with Crippen molar-refractivity contribution in [3.05, 3.63) is 130 Å². The molecule has 46 heavy (non-hydrogen) atoms. The van der Waals surface area contributed by atoms with Crippen molar-refractivity contribution in [3.63, 3.8) is 0 Å². The number of methoxy groups -OCH3 is 2. The SMILES string of the molecule is CCOC(=O)C1=C(C)N=c2s/c(=C/c3cc(I)c(OCc4ccccc4)c(OC)c3)c(=O)n2C1c1c(OC)ccc2ccccc12. The van der Waals surface area contributed by atoms with E-state index in [0.717, 1.165) is 25.5 Å². The zero-order chi connectivity index (χ0) is 32.4. The van der Waals surface area contributed by atoms with Gasteiger partial charge in [0.05, 0.1) is 40.2 Å². The summed E-state index contributed by atoms with van der Waals surface area (Å²) in [4.78, 5) is 33.1. The summed E-state index contributed by atoms with van der Waals surface area (Å²) in [5.41, 5.74) is 3.01. The van der Waals surface area contributed by atoms with Crippen LogP contribution in [0, 0.1) is 3.57 Å². The van der Waals surface area contributed by atoms with Gasteiger partial charge in [0.15, 0.2) is 16.3 Å². The molecule has 0 radical (unpaired) electrons. The highest BCUT2D eigenvalue weighted by Gasteiger charge is 2.36. The van der Waals surface area contributed by atoms with Crippen LogP contribution in [-0.4, -0.2) is 31.4 Å². The minimum absolute atomic E-state index is 0.185. The van der Waals surface area contributed by atoms with Gasteiger partial charge in [-0.25, -0.2) is 9.79 Å². The van der Waals surface area contributed by atoms with E-state index >= 15 is 0 Å². The lowest BCUT2D eigenvalue weighted by Crippen LogP contribution is -2.40. The number of nitrogens with zero attached hydrogens (tertiary/aromatic N) is 2. The van der Waals surface area contributed by atoms with Crippen molar-refractivity contribution in [2.75, 3.05) is 20.8 Å². The summed E-state index contributed by atoms with van der Waals surface area (Å²) >= 11 is 3.48. The van der Waals surface area contributed by atoms with Gasteiger partial charge in [-0.2, -0.15) is 0 Å². The van der Waals surface area contributed by atoms with Crippen molar-refractivity contribution >= 4 is 56.7 Å². The number of hydrogen-bond acceptors (Lipinski definition) is 8. The molecule has 1 unspecified atom stereocenters. The van der Waals surface area contributed by atoms with E-state index in [2.05, 4.69) is 22.6 Å². The summed E-state index contributed by atoms with van der Waals surface area (Å²) in [7, 11) is 3.18. The van der Waals surface area contributed by atoms with Crippen LogP contribution < -0.4 is 29.1 Å². The fraction of sp³-hybridized carbons (Fsp3) is 0.194. The number of fused-ring (bicyclic) bond motifs is 2. The fourth-order valence-corrected chi connectivity index (χ4v) is 7.47. The molecule has 0 bridgehead atoms. The predicted molar refractivity (Wildman–Crippen MR) is 187 cm³/mol. The Balaban J connectivity index is 1.51. The first-order chi connectivity index (χ1) is 22.3. The van der Waals surface area contributed by atoms with Crippen LogP contribution in [-0.2, 0) is 16.1 Å². The Kier molecular flexibility index (Phi) is 9.27. The molecule has 0 amide bonds. The second-order valence-electron chi connectivity index (χ2n) is 10.5. The summed E-state index contributed by atoms with van der Waals surface area (Å²) < 4.78 is 26.1. The quantitative estimate of drug-likeness (QED) is 0.133. The third-order valence-corrected chi connectivity index (χ3v) is 9.50. The largest absolute Gasteiger partial charge is 0.496 e. The highest BCUT2D eigenvalue weighted by molar-refractivity contribution is 14.1. The van der Waals surface area contributed by atoms with Gasteiger partial charge in [-0.3, -0.25) is 9.36 Å². The Morgan fingerprint density at radius 3 is 2.48 bits per heavy atom. The minimum atomic E-state index is -0.818. The molecule has 10 heteroatoms. The highest BCUT2D eigenvalue weighted by atomic mass is 127. The van der Waals surface area contributed by atoms with Crippen LogP contribution in [0.2, 0.25) is 0 Å². The van der Waals surface area contributed by atoms with Crippen LogP contribution in [0.15, 0.2) is 99.9 Å². The zero-order valence-electron chi connectivity index (χ0n) is 25.7. The molecule has 234 valence electrons. The third-order valence-electron chi connectivity index (χ3n) is 7.72. The number of benzene rings is 4. The van der Waals surface area contributed by atoms with Crippen LogP contribution in [0.5, 0.6) is 17.2 Å². The lowest BCUT2D eigenvalue weighted by molar-refractivity contribution is -0.139. The predicted octanol–water partition coefficient (Wildman–Crippen LogP) is 6.15. The molecule has 0 N–H and O–H groups in total. The van der Waals surface area contributed by atoms with E-state index in [1.54, 1.807) is 32.6 Å². The standard InChI is InChI=1S/C36H31IN2O6S/c1-5-44-35(41)30-21(2)38-36-39(32(30)31-25-14-10-9-13-24(25)15-16-27(31)42-3)34(40)29(46-36)19-23-17-26(37)33(28(18-23)43-4)45-20-22-11-7-6-8-12-22/h6-19,32H,5,20H2,1-4H3/b29-19+. The van der Waals surface area contributed by atoms with E-state index in [4.69, 9.17) is 23.9 Å². The molecule has 8 nitrogen and oxygen atoms in total. The van der Waals surface area contributed by atoms with Crippen LogP contribution in [0.3, 0.4) is 0 Å². The first kappa shape index (κ1) is 31.6. The van der Waals surface area contributed by atoms with E-state index < -0.39 is 12.0 Å². The van der Waals surface area contributed by atoms with Crippen LogP contribution in [0.25, 0.3) is 16.8 Å². The summed E-state index contributed by atoms with van der Waals surface area (Å²) in [6.07, 6.45) is 1.82. The van der Waals surface area contributed by atoms with Crippen molar-refractivity contribution in [1.82, 2.24) is 4.57 Å². The van der Waals surface area contributed by atoms with Crippen molar-refractivity contribution in [2.24, 2.45) is 4.99 Å². The van der Waals surface area contributed by atoms with Crippen LogP contribution >= 0.6 is 33.9 Å². The van der Waals surface area contributed by atoms with Crippen molar-refractivity contribution < 1.29 is 23.7 Å². The van der Waals surface area contributed by atoms with Gasteiger partial charge in [0.1, 0.15) is 18.4 Å². The van der Waals surface area contributed by atoms with Gasteiger partial charge in [-0.15, -0.1) is 0 Å². The van der Waals surface area contributed by atoms with Crippen LogP contribution in [0.4, 0.5) is 0 Å². The van der Waals surface area contributed by atoms with Gasteiger partial charge in [0.25, 0.3) is 5.56 Å². The van der Waals surface area contributed by atoms with E-state index in [-0.39, 0.29) is 12.2 Å². The lowest BCUT2D eigenvalue weighted by atomic mass is 9.90. The van der Waals surface area contributed by atoms with E-state index in [1.807, 2.05) is 84.9 Å². The smallest absolute Gasteiger partial charge is 0.338 e. The van der Waals surface area contributed by atoms with Crippen molar-refractivity contribution in [2.45, 2.75) is 26.5 Å². The summed E-state index contributed by atoms with van der Waals surface area (Å²) in [6.45, 7) is 4.11. The molecule has 1 aliphatic heterocycles. The maximum Gasteiger partial charge on any atom is 0.338 e. The summed E-state index contributed by atoms with van der Waals surface area (Å²) in [6, 6.07) is 24.6. The number of halogens is 1. The number of rotatable bonds is 9. The summed E-state index contributed by atoms with van der Waals surface area (Å²) in [5.74, 6) is 1.22. The Morgan fingerprint density at radius 2 is 1.74 bits per heavy atom. The second-order valence-corrected chi connectivity index (χ2v) is 12.7. The average Bonchev–Trinajstić information content (AvgIpc) is 3.36. The number of esters is 1. The Hall–Kier alpha value is -4.42. The number of thiazole rings is 1. The first-order valence-electron chi connectivity index (χ1n) is 14.6. The van der Waals surface area contributed by atoms with Crippen molar-refractivity contribution in [3.8, 4) is 17.2 Å². The number of carbonyl (C=O) groups is 1. The minimum Gasteiger partial charge on any atom is -0.496 e. The molecule has 0 fully saturated rings. The number of ether oxygens (including phenoxy) is 4. The zero-order valence-corrected chi connectivity index (χ0v) is 28.7. The highest BCUT2D eigenvalue weighted by Crippen LogP contribution is 2.40. The number of allylic oxidation sites excluding steroid dienone is 1. The second kappa shape index (κ2) is 13.5. The monoisotopic (exact) mass is 746 g/mol. The molecule has 6 rings (SSSR count). The number of hydrogen-bond donors (Lipinski definition) is 0. The number of aromatic nitrogens is 1. The molecular formula is C36H31IN2O6S. The van der Waals surface area contributed by atoms with E-state index in [9.17, 15) is 9.59 Å². The Morgan fingerprint density at radius 1 is 1.00 bits per heavy atom. The van der Waals surface area contributed by atoms with Crippen molar-refractivity contribution in [1.29, 1.82) is 0 Å². The molecule has 0 aliphatic carbocycles. The lowest BCUT2D eigenvalue weighted by Gasteiger charge is -2.27.